The van der Waals surface area contributed by atoms with Crippen molar-refractivity contribution in [3.05, 3.63) is 35.4 Å². The van der Waals surface area contributed by atoms with Gasteiger partial charge in [-0.1, -0.05) is 24.3 Å². The van der Waals surface area contributed by atoms with Crippen molar-refractivity contribution in [1.82, 2.24) is 0 Å². The Kier molecular flexibility index (Phi) is 3.14. The van der Waals surface area contributed by atoms with Crippen molar-refractivity contribution < 1.29 is 9.57 Å². The minimum Gasteiger partial charge on any atom is -0.381 e. The van der Waals surface area contributed by atoms with Gasteiger partial charge in [0, 0.05) is 5.92 Å². The average Bonchev–Trinajstić information content (AvgIpc) is 2.14. The van der Waals surface area contributed by atoms with E-state index in [9.17, 15) is 0 Å². The molecule has 0 spiro atoms. The van der Waals surface area contributed by atoms with Crippen LogP contribution in [0.1, 0.15) is 11.1 Å². The van der Waals surface area contributed by atoms with Gasteiger partial charge in [-0.15, -0.1) is 0 Å². The van der Waals surface area contributed by atoms with Crippen LogP contribution < -0.4 is 5.90 Å². The fourth-order valence-electron chi connectivity index (χ4n) is 1.60. The molecule has 0 radical (unpaired) electrons. The largest absolute Gasteiger partial charge is 0.381 e. The number of hydrogen-bond acceptors (Lipinski definition) is 3. The Balaban J connectivity index is 1.91. The second-order valence-electron chi connectivity index (χ2n) is 3.74. The molecule has 2 N–H and O–H groups in total. The Morgan fingerprint density at radius 1 is 1.21 bits per heavy atom. The lowest BCUT2D eigenvalue weighted by Gasteiger charge is -2.25. The lowest BCUT2D eigenvalue weighted by molar-refractivity contribution is -0.0312. The summed E-state index contributed by atoms with van der Waals surface area (Å²) >= 11 is 0. The van der Waals surface area contributed by atoms with Crippen LogP contribution in [0, 0.1) is 5.92 Å². The van der Waals surface area contributed by atoms with E-state index in [0.29, 0.717) is 12.5 Å². The third-order valence-electron chi connectivity index (χ3n) is 2.50. The maximum absolute atomic E-state index is 5.13. The van der Waals surface area contributed by atoms with Crippen molar-refractivity contribution in [3.8, 4) is 0 Å². The van der Waals surface area contributed by atoms with Gasteiger partial charge in [0.1, 0.15) is 0 Å². The molecule has 1 aliphatic rings. The summed E-state index contributed by atoms with van der Waals surface area (Å²) in [7, 11) is 0. The second kappa shape index (κ2) is 4.55. The van der Waals surface area contributed by atoms with Gasteiger partial charge < -0.3 is 4.74 Å². The number of rotatable bonds is 4. The second-order valence-corrected chi connectivity index (χ2v) is 3.74. The SMILES string of the molecule is NOCc1ccc(CC2COC2)cc1. The Labute approximate surface area is 83.8 Å². The molecule has 0 saturated carbocycles. The molecule has 0 aliphatic carbocycles. The molecule has 1 aromatic rings. The minimum absolute atomic E-state index is 0.479. The predicted octanol–water partition coefficient (Wildman–Crippen LogP) is 1.27. The highest BCUT2D eigenvalue weighted by Gasteiger charge is 2.18. The minimum atomic E-state index is 0.479. The normalized spacial score (nSPS) is 16.6. The zero-order valence-electron chi connectivity index (χ0n) is 8.11. The van der Waals surface area contributed by atoms with Crippen molar-refractivity contribution in [1.29, 1.82) is 0 Å². The van der Waals surface area contributed by atoms with Crippen LogP contribution in [-0.2, 0) is 22.6 Å². The highest BCUT2D eigenvalue weighted by molar-refractivity contribution is 5.22. The highest BCUT2D eigenvalue weighted by atomic mass is 16.6. The molecule has 1 heterocycles. The van der Waals surface area contributed by atoms with E-state index in [1.165, 1.54) is 5.56 Å². The molecule has 3 heteroatoms. The van der Waals surface area contributed by atoms with Crippen LogP contribution in [-0.4, -0.2) is 13.2 Å². The molecule has 14 heavy (non-hydrogen) atoms. The van der Waals surface area contributed by atoms with Gasteiger partial charge in [-0.25, -0.2) is 5.90 Å². The van der Waals surface area contributed by atoms with Crippen molar-refractivity contribution in [2.24, 2.45) is 11.8 Å². The lowest BCUT2D eigenvalue weighted by Crippen LogP contribution is -2.29. The summed E-state index contributed by atoms with van der Waals surface area (Å²) in [6.45, 7) is 2.30. The number of ether oxygens (including phenoxy) is 1. The van der Waals surface area contributed by atoms with Crippen molar-refractivity contribution in [3.63, 3.8) is 0 Å². The standard InChI is InChI=1S/C11H15NO2/c12-14-8-10-3-1-9(2-4-10)5-11-6-13-7-11/h1-4,11H,5-8,12H2. The number of hydrogen-bond donors (Lipinski definition) is 1. The summed E-state index contributed by atoms with van der Waals surface area (Å²) in [5.41, 5.74) is 2.47. The molecule has 2 rings (SSSR count). The van der Waals surface area contributed by atoms with Crippen molar-refractivity contribution in [2.45, 2.75) is 13.0 Å². The molecule has 76 valence electrons. The van der Waals surface area contributed by atoms with Crippen LogP contribution in [0.3, 0.4) is 0 Å². The van der Waals surface area contributed by atoms with Crippen molar-refractivity contribution in [2.75, 3.05) is 13.2 Å². The molecule has 1 saturated heterocycles. The summed E-state index contributed by atoms with van der Waals surface area (Å²) in [6, 6.07) is 8.38. The zero-order chi connectivity index (χ0) is 9.80. The monoisotopic (exact) mass is 193 g/mol. The molecule has 0 bridgehead atoms. The summed E-state index contributed by atoms with van der Waals surface area (Å²) < 4.78 is 5.13. The first kappa shape index (κ1) is 9.65. The van der Waals surface area contributed by atoms with E-state index in [4.69, 9.17) is 10.6 Å². The van der Waals surface area contributed by atoms with Crippen LogP contribution in [0.25, 0.3) is 0 Å². The quantitative estimate of drug-likeness (QED) is 0.732. The molecule has 0 unspecified atom stereocenters. The van der Waals surface area contributed by atoms with Gasteiger partial charge in [0.15, 0.2) is 0 Å². The van der Waals surface area contributed by atoms with Crippen LogP contribution in [0.15, 0.2) is 24.3 Å². The fraction of sp³-hybridized carbons (Fsp3) is 0.455. The third-order valence-corrected chi connectivity index (χ3v) is 2.50. The maximum Gasteiger partial charge on any atom is 0.0930 e. The maximum atomic E-state index is 5.13. The van der Waals surface area contributed by atoms with Gasteiger partial charge in [-0.3, -0.25) is 4.84 Å². The van der Waals surface area contributed by atoms with Gasteiger partial charge in [0.25, 0.3) is 0 Å². The number of nitrogens with two attached hydrogens (primary N) is 1. The van der Waals surface area contributed by atoms with E-state index >= 15 is 0 Å². The van der Waals surface area contributed by atoms with E-state index in [-0.39, 0.29) is 0 Å². The smallest absolute Gasteiger partial charge is 0.0930 e. The van der Waals surface area contributed by atoms with Gasteiger partial charge in [-0.05, 0) is 17.5 Å². The molecular formula is C11H15NO2. The Bertz CT molecular complexity index is 280. The molecular weight excluding hydrogens is 178 g/mol. The highest BCUT2D eigenvalue weighted by Crippen LogP contribution is 2.17. The summed E-state index contributed by atoms with van der Waals surface area (Å²) in [6.07, 6.45) is 1.11. The molecule has 0 aromatic heterocycles. The van der Waals surface area contributed by atoms with Gasteiger partial charge >= 0.3 is 0 Å². The van der Waals surface area contributed by atoms with E-state index in [1.54, 1.807) is 0 Å². The van der Waals surface area contributed by atoms with E-state index in [1.807, 2.05) is 0 Å². The van der Waals surface area contributed by atoms with Gasteiger partial charge in [-0.2, -0.15) is 0 Å². The van der Waals surface area contributed by atoms with Crippen LogP contribution in [0.2, 0.25) is 0 Å². The Hall–Kier alpha value is -0.900. The summed E-state index contributed by atoms with van der Waals surface area (Å²) in [5, 5.41) is 0. The lowest BCUT2D eigenvalue weighted by atomic mass is 9.97. The summed E-state index contributed by atoms with van der Waals surface area (Å²) in [4.78, 5) is 4.56. The van der Waals surface area contributed by atoms with E-state index in [0.717, 1.165) is 25.2 Å². The fourth-order valence-corrected chi connectivity index (χ4v) is 1.60. The molecule has 1 fully saturated rings. The van der Waals surface area contributed by atoms with E-state index in [2.05, 4.69) is 29.1 Å². The first-order valence-electron chi connectivity index (χ1n) is 4.85. The first-order valence-corrected chi connectivity index (χ1v) is 4.85. The molecule has 0 amide bonds. The third kappa shape index (κ3) is 2.32. The van der Waals surface area contributed by atoms with Gasteiger partial charge in [0.05, 0.1) is 19.8 Å². The Morgan fingerprint density at radius 3 is 2.36 bits per heavy atom. The van der Waals surface area contributed by atoms with Gasteiger partial charge in [0.2, 0.25) is 0 Å². The van der Waals surface area contributed by atoms with Crippen LogP contribution >= 0.6 is 0 Å². The van der Waals surface area contributed by atoms with E-state index < -0.39 is 0 Å². The first-order chi connectivity index (χ1) is 6.88. The van der Waals surface area contributed by atoms with Crippen molar-refractivity contribution >= 4 is 0 Å². The molecule has 3 nitrogen and oxygen atoms in total. The Morgan fingerprint density at radius 2 is 1.86 bits per heavy atom. The zero-order valence-corrected chi connectivity index (χ0v) is 8.11. The van der Waals surface area contributed by atoms with Crippen LogP contribution in [0.5, 0.6) is 0 Å². The molecule has 1 aromatic carbocycles. The van der Waals surface area contributed by atoms with Crippen LogP contribution in [0.4, 0.5) is 0 Å². The molecule has 0 atom stereocenters. The number of benzene rings is 1. The molecule has 1 aliphatic heterocycles. The summed E-state index contributed by atoms with van der Waals surface area (Å²) in [5.74, 6) is 5.71. The predicted molar refractivity (Wildman–Crippen MR) is 53.4 cm³/mol. The topological polar surface area (TPSA) is 44.5 Å². The average molecular weight is 193 g/mol.